The molecule has 33 heavy (non-hydrogen) atoms. The zero-order valence-electron chi connectivity index (χ0n) is 17.0. The Kier molecular flexibility index (Phi) is 7.41. The maximum absolute atomic E-state index is 12.4. The Morgan fingerprint density at radius 1 is 1.09 bits per heavy atom. The largest absolute Gasteiger partial charge is 0.497 e. The first-order valence-electron chi connectivity index (χ1n) is 9.15. The molecular weight excluding hydrogens is 518 g/mol. The number of nitro groups is 1. The van der Waals surface area contributed by atoms with Crippen molar-refractivity contribution in [1.82, 2.24) is 5.43 Å². The van der Waals surface area contributed by atoms with Crippen LogP contribution in [0.15, 0.2) is 81.2 Å². The molecule has 0 heterocycles. The first kappa shape index (κ1) is 23.9. The number of amides is 1. The second-order valence-electron chi connectivity index (χ2n) is 6.41. The summed E-state index contributed by atoms with van der Waals surface area (Å²) in [5.74, 6) is 0.215. The van der Waals surface area contributed by atoms with Crippen LogP contribution in [0, 0.1) is 10.1 Å². The number of ether oxygens (including phenoxy) is 1. The molecule has 0 fully saturated rings. The number of hydrogen-bond acceptors (Lipinski definition) is 8. The van der Waals surface area contributed by atoms with Crippen LogP contribution >= 0.6 is 15.9 Å². The van der Waals surface area contributed by atoms with E-state index in [2.05, 4.69) is 26.5 Å². The van der Waals surface area contributed by atoms with E-state index in [-0.39, 0.29) is 16.3 Å². The molecule has 0 aliphatic heterocycles. The first-order chi connectivity index (χ1) is 15.7. The average Bonchev–Trinajstić information content (AvgIpc) is 2.80. The van der Waals surface area contributed by atoms with Crippen molar-refractivity contribution >= 4 is 43.9 Å². The number of non-ortho nitro benzene ring substituents is 1. The van der Waals surface area contributed by atoms with Crippen molar-refractivity contribution in [3.63, 3.8) is 0 Å². The van der Waals surface area contributed by atoms with E-state index >= 15 is 0 Å². The topological polar surface area (TPSA) is 137 Å². The van der Waals surface area contributed by atoms with Crippen LogP contribution in [0.25, 0.3) is 0 Å². The normalized spacial score (nSPS) is 11.2. The molecule has 0 unspecified atom stereocenters. The van der Waals surface area contributed by atoms with Crippen molar-refractivity contribution < 1.29 is 27.1 Å². The average molecular weight is 534 g/mol. The molecule has 3 rings (SSSR count). The van der Waals surface area contributed by atoms with Gasteiger partial charge in [-0.05, 0) is 76.1 Å². The molecule has 12 heteroatoms. The number of carbonyl (C=O) groups excluding carboxylic acids is 1. The van der Waals surface area contributed by atoms with Crippen LogP contribution < -0.4 is 14.3 Å². The highest BCUT2D eigenvalue weighted by molar-refractivity contribution is 9.10. The van der Waals surface area contributed by atoms with Gasteiger partial charge in [0.1, 0.15) is 10.6 Å². The minimum atomic E-state index is -4.21. The second-order valence-corrected chi connectivity index (χ2v) is 8.81. The molecular formula is C21H16BrN3O7S. The molecule has 0 aliphatic carbocycles. The third-order valence-electron chi connectivity index (χ3n) is 4.22. The summed E-state index contributed by atoms with van der Waals surface area (Å²) in [4.78, 5) is 22.0. The van der Waals surface area contributed by atoms with Gasteiger partial charge < -0.3 is 8.92 Å². The summed E-state index contributed by atoms with van der Waals surface area (Å²) in [5, 5.41) is 14.6. The van der Waals surface area contributed by atoms with E-state index in [1.807, 2.05) is 0 Å². The summed E-state index contributed by atoms with van der Waals surface area (Å²) >= 11 is 3.23. The number of benzene rings is 3. The van der Waals surface area contributed by atoms with Crippen LogP contribution in [0.2, 0.25) is 0 Å². The number of halogens is 1. The van der Waals surface area contributed by atoms with Crippen LogP contribution in [-0.2, 0) is 10.1 Å². The molecule has 1 N–H and O–H groups in total. The van der Waals surface area contributed by atoms with E-state index in [1.54, 1.807) is 30.3 Å². The standard InChI is InChI=1S/C21H16BrN3O7S/c1-31-17-7-3-15(4-8-17)21(26)24-23-13-14-2-11-20(19(22)12-14)32-33(29,30)18-9-5-16(6-10-18)25(27)28/h2-13H,1H3,(H,24,26)/b23-13-. The molecule has 0 aliphatic rings. The number of hydrogen-bond donors (Lipinski definition) is 1. The molecule has 0 radical (unpaired) electrons. The predicted octanol–water partition coefficient (Wildman–Crippen LogP) is 3.90. The fraction of sp³-hybridized carbons (Fsp3) is 0.0476. The first-order valence-corrected chi connectivity index (χ1v) is 11.4. The number of rotatable bonds is 8. The van der Waals surface area contributed by atoms with E-state index in [9.17, 15) is 23.3 Å². The molecule has 0 aromatic heterocycles. The maximum atomic E-state index is 12.4. The summed E-state index contributed by atoms with van der Waals surface area (Å²) < 4.78 is 35.4. The van der Waals surface area contributed by atoms with Gasteiger partial charge >= 0.3 is 10.1 Å². The third-order valence-corrected chi connectivity index (χ3v) is 6.09. The summed E-state index contributed by atoms with van der Waals surface area (Å²) in [5.41, 5.74) is 3.10. The Labute approximate surface area is 197 Å². The smallest absolute Gasteiger partial charge is 0.339 e. The van der Waals surface area contributed by atoms with E-state index in [1.165, 1.54) is 25.5 Å². The number of nitrogens with one attached hydrogen (secondary N) is 1. The van der Waals surface area contributed by atoms with Crippen molar-refractivity contribution in [2.45, 2.75) is 4.90 Å². The van der Waals surface area contributed by atoms with Gasteiger partial charge in [-0.15, -0.1) is 0 Å². The van der Waals surface area contributed by atoms with Gasteiger partial charge in [-0.2, -0.15) is 13.5 Å². The van der Waals surface area contributed by atoms with E-state index < -0.39 is 20.9 Å². The van der Waals surface area contributed by atoms with Crippen molar-refractivity contribution in [3.05, 3.63) is 92.4 Å². The van der Waals surface area contributed by atoms with Gasteiger partial charge in [0, 0.05) is 17.7 Å². The Morgan fingerprint density at radius 3 is 2.33 bits per heavy atom. The van der Waals surface area contributed by atoms with Gasteiger partial charge in [-0.1, -0.05) is 0 Å². The molecule has 0 spiro atoms. The lowest BCUT2D eigenvalue weighted by Crippen LogP contribution is -2.17. The Morgan fingerprint density at radius 2 is 1.76 bits per heavy atom. The molecule has 3 aromatic rings. The van der Waals surface area contributed by atoms with Crippen molar-refractivity contribution in [1.29, 1.82) is 0 Å². The third kappa shape index (κ3) is 6.14. The molecule has 0 saturated carbocycles. The summed E-state index contributed by atoms with van der Waals surface area (Å²) in [7, 11) is -2.68. The van der Waals surface area contributed by atoms with Gasteiger partial charge in [-0.25, -0.2) is 5.43 Å². The number of hydrazone groups is 1. The number of carbonyl (C=O) groups is 1. The van der Waals surface area contributed by atoms with Gasteiger partial charge in [0.05, 0.1) is 22.7 Å². The maximum Gasteiger partial charge on any atom is 0.339 e. The molecule has 0 saturated heterocycles. The van der Waals surface area contributed by atoms with E-state index in [4.69, 9.17) is 8.92 Å². The number of methoxy groups -OCH3 is 1. The summed E-state index contributed by atoms with van der Waals surface area (Å²) in [6.07, 6.45) is 1.38. The quantitative estimate of drug-likeness (QED) is 0.200. The van der Waals surface area contributed by atoms with E-state index in [0.29, 0.717) is 21.3 Å². The van der Waals surface area contributed by atoms with Crippen molar-refractivity contribution in [2.75, 3.05) is 7.11 Å². The highest BCUT2D eigenvalue weighted by Gasteiger charge is 2.19. The Bertz CT molecular complexity index is 1310. The lowest BCUT2D eigenvalue weighted by molar-refractivity contribution is -0.384. The van der Waals surface area contributed by atoms with Crippen molar-refractivity contribution in [3.8, 4) is 11.5 Å². The van der Waals surface area contributed by atoms with Gasteiger partial charge in [0.15, 0.2) is 5.75 Å². The van der Waals surface area contributed by atoms with Crippen LogP contribution in [0.1, 0.15) is 15.9 Å². The number of nitrogens with zero attached hydrogens (tertiary/aromatic N) is 2. The van der Waals surface area contributed by atoms with Crippen LogP contribution in [0.3, 0.4) is 0 Å². The van der Waals surface area contributed by atoms with Gasteiger partial charge in [0.25, 0.3) is 11.6 Å². The van der Waals surface area contributed by atoms with Gasteiger partial charge in [0.2, 0.25) is 0 Å². The fourth-order valence-electron chi connectivity index (χ4n) is 2.54. The highest BCUT2D eigenvalue weighted by Crippen LogP contribution is 2.29. The molecule has 3 aromatic carbocycles. The molecule has 1 amide bonds. The fourth-order valence-corrected chi connectivity index (χ4v) is 4.07. The molecule has 10 nitrogen and oxygen atoms in total. The lowest BCUT2D eigenvalue weighted by Gasteiger charge is -2.09. The number of nitro benzene ring substituents is 1. The SMILES string of the molecule is COc1ccc(C(=O)N/N=C\c2ccc(OS(=O)(=O)c3ccc([N+](=O)[O-])cc3)c(Br)c2)cc1. The van der Waals surface area contributed by atoms with Crippen LogP contribution in [0.4, 0.5) is 5.69 Å². The minimum Gasteiger partial charge on any atom is -0.497 e. The minimum absolute atomic E-state index is 0.00720. The molecule has 170 valence electrons. The van der Waals surface area contributed by atoms with E-state index in [0.717, 1.165) is 24.3 Å². The Balaban J connectivity index is 1.66. The predicted molar refractivity (Wildman–Crippen MR) is 123 cm³/mol. The zero-order valence-corrected chi connectivity index (χ0v) is 19.4. The Hall–Kier alpha value is -3.77. The summed E-state index contributed by atoms with van der Waals surface area (Å²) in [6.45, 7) is 0. The zero-order chi connectivity index (χ0) is 24.0. The summed E-state index contributed by atoms with van der Waals surface area (Å²) in [6, 6.07) is 15.3. The molecule has 0 atom stereocenters. The van der Waals surface area contributed by atoms with Crippen LogP contribution in [0.5, 0.6) is 11.5 Å². The van der Waals surface area contributed by atoms with Crippen LogP contribution in [-0.4, -0.2) is 32.6 Å². The van der Waals surface area contributed by atoms with Crippen molar-refractivity contribution in [2.24, 2.45) is 5.10 Å². The van der Waals surface area contributed by atoms with Gasteiger partial charge in [-0.3, -0.25) is 14.9 Å². The highest BCUT2D eigenvalue weighted by atomic mass is 79.9. The molecule has 0 bridgehead atoms. The monoisotopic (exact) mass is 533 g/mol. The lowest BCUT2D eigenvalue weighted by atomic mass is 10.2. The second kappa shape index (κ2) is 10.2.